The van der Waals surface area contributed by atoms with Crippen molar-refractivity contribution in [3.05, 3.63) is 35.9 Å². The van der Waals surface area contributed by atoms with E-state index in [1.165, 1.54) is 0 Å². The van der Waals surface area contributed by atoms with Gasteiger partial charge in [-0.25, -0.2) is 4.39 Å². The lowest BCUT2D eigenvalue weighted by Gasteiger charge is -2.37. The monoisotopic (exact) mass is 464 g/mol. The molecule has 0 fully saturated rings. The first-order chi connectivity index (χ1) is 13.9. The Morgan fingerprint density at radius 3 is 2.10 bits per heavy atom. The van der Waals surface area contributed by atoms with Crippen LogP contribution >= 0.6 is 7.60 Å². The number of alkyl halides is 1. The number of rotatable bonds is 14. The van der Waals surface area contributed by atoms with Gasteiger partial charge in [-0.1, -0.05) is 51.1 Å². The molecule has 0 bridgehead atoms. The first-order valence-electron chi connectivity index (χ1n) is 10.4. The van der Waals surface area contributed by atoms with Gasteiger partial charge in [0.1, 0.15) is 6.10 Å². The van der Waals surface area contributed by atoms with Gasteiger partial charge in [0.15, 0.2) is 8.32 Å². The predicted molar refractivity (Wildman–Crippen MR) is 120 cm³/mol. The Labute approximate surface area is 182 Å². The minimum Gasteiger partial charge on any atom is -0.414 e. The molecule has 0 aromatic heterocycles. The van der Waals surface area contributed by atoms with Crippen molar-refractivity contribution in [2.45, 2.75) is 71.6 Å². The molecular weight excluding hydrogens is 426 g/mol. The summed E-state index contributed by atoms with van der Waals surface area (Å²) < 4.78 is 55.1. The van der Waals surface area contributed by atoms with Crippen molar-refractivity contribution in [2.24, 2.45) is 0 Å². The molecule has 30 heavy (non-hydrogen) atoms. The summed E-state index contributed by atoms with van der Waals surface area (Å²) in [4.78, 5) is 0. The van der Waals surface area contributed by atoms with Crippen molar-refractivity contribution in [3.8, 4) is 0 Å². The zero-order chi connectivity index (χ0) is 22.8. The zero-order valence-corrected chi connectivity index (χ0v) is 21.2. The van der Waals surface area contributed by atoms with Gasteiger partial charge in [0.25, 0.3) is 0 Å². The van der Waals surface area contributed by atoms with E-state index in [1.807, 2.05) is 30.3 Å². The average Bonchev–Trinajstić information content (AvgIpc) is 2.66. The van der Waals surface area contributed by atoms with E-state index in [0.717, 1.165) is 5.56 Å². The third-order valence-electron chi connectivity index (χ3n) is 5.02. The molecule has 0 aliphatic rings. The minimum absolute atomic E-state index is 0.0104. The quantitative estimate of drug-likeness (QED) is 0.244. The van der Waals surface area contributed by atoms with Gasteiger partial charge in [0.2, 0.25) is 0 Å². The van der Waals surface area contributed by atoms with E-state index in [1.54, 1.807) is 13.8 Å². The van der Waals surface area contributed by atoms with Crippen LogP contribution in [0.5, 0.6) is 0 Å². The molecule has 2 atom stereocenters. The van der Waals surface area contributed by atoms with E-state index >= 15 is 0 Å². The van der Waals surface area contributed by atoms with Crippen molar-refractivity contribution >= 4 is 15.9 Å². The number of hydrogen-bond donors (Lipinski definition) is 0. The van der Waals surface area contributed by atoms with E-state index in [2.05, 4.69) is 33.9 Å². The zero-order valence-electron chi connectivity index (χ0n) is 19.4. The van der Waals surface area contributed by atoms with Crippen molar-refractivity contribution in [1.29, 1.82) is 0 Å². The van der Waals surface area contributed by atoms with Crippen molar-refractivity contribution in [3.63, 3.8) is 0 Å². The predicted octanol–water partition coefficient (Wildman–Crippen LogP) is 6.13. The standard InChI is InChI=1S/C21H38FO6PSi/c1-8-25-29(23,26-9-2)20(22)28-19(17-27-30(6,7)21(3,4)5)16-24-15-18-13-11-10-12-14-18/h10-14,19-20H,8-9,15-17H2,1-7H3. The van der Waals surface area contributed by atoms with E-state index in [0.29, 0.717) is 6.61 Å². The molecule has 0 radical (unpaired) electrons. The molecule has 0 amide bonds. The number of benzene rings is 1. The highest BCUT2D eigenvalue weighted by atomic mass is 31.2. The van der Waals surface area contributed by atoms with E-state index in [4.69, 9.17) is 22.9 Å². The van der Waals surface area contributed by atoms with Crippen LogP contribution in [0.1, 0.15) is 40.2 Å². The number of ether oxygens (including phenoxy) is 2. The summed E-state index contributed by atoms with van der Waals surface area (Å²) in [7, 11) is -6.13. The maximum absolute atomic E-state index is 14.8. The smallest absolute Gasteiger partial charge is 0.391 e. The normalized spacial score (nSPS) is 15.2. The van der Waals surface area contributed by atoms with Crippen LogP contribution in [-0.2, 0) is 34.1 Å². The van der Waals surface area contributed by atoms with E-state index < -0.39 is 28.1 Å². The average molecular weight is 465 g/mol. The molecular formula is C21H38FO6PSi. The molecule has 0 N–H and O–H groups in total. The molecule has 0 heterocycles. The molecule has 0 saturated heterocycles. The molecule has 0 saturated carbocycles. The molecule has 0 aliphatic carbocycles. The Bertz CT molecular complexity index is 643. The summed E-state index contributed by atoms with van der Waals surface area (Å²) in [5, 5.41) is -0.0104. The number of hydrogen-bond acceptors (Lipinski definition) is 6. The molecule has 174 valence electrons. The second-order valence-electron chi connectivity index (χ2n) is 8.50. The summed E-state index contributed by atoms with van der Waals surface area (Å²) in [6, 6.07) is 9.66. The Morgan fingerprint density at radius 2 is 1.60 bits per heavy atom. The second-order valence-corrected chi connectivity index (χ2v) is 15.3. The lowest BCUT2D eigenvalue weighted by molar-refractivity contribution is -0.102. The molecule has 9 heteroatoms. The van der Waals surface area contributed by atoms with Crippen LogP contribution in [0.3, 0.4) is 0 Å². The molecule has 6 nitrogen and oxygen atoms in total. The number of halogens is 1. The van der Waals surface area contributed by atoms with Gasteiger partial charge in [-0.05, 0) is 37.5 Å². The lowest BCUT2D eigenvalue weighted by Crippen LogP contribution is -2.44. The fourth-order valence-corrected chi connectivity index (χ4v) is 4.66. The second kappa shape index (κ2) is 12.4. The fraction of sp³-hybridized carbons (Fsp3) is 0.714. The summed E-state index contributed by atoms with van der Waals surface area (Å²) in [6.07, 6.45) is -2.97. The van der Waals surface area contributed by atoms with Crippen LogP contribution in [0, 0.1) is 0 Å². The maximum atomic E-state index is 14.8. The SMILES string of the molecule is CCOP(=O)(OCC)C(F)OC(COCc1ccccc1)CO[Si](C)(C)C(C)(C)C. The first kappa shape index (κ1) is 27.4. The summed E-state index contributed by atoms with van der Waals surface area (Å²) in [5.41, 5.74) is 0.993. The van der Waals surface area contributed by atoms with Gasteiger partial charge >= 0.3 is 13.7 Å². The fourth-order valence-electron chi connectivity index (χ4n) is 2.27. The molecule has 0 spiro atoms. The van der Waals surface area contributed by atoms with Crippen LogP contribution in [0.15, 0.2) is 30.3 Å². The molecule has 0 aliphatic heterocycles. The lowest BCUT2D eigenvalue weighted by atomic mass is 10.2. The van der Waals surface area contributed by atoms with Crippen LogP contribution in [0.2, 0.25) is 18.1 Å². The highest BCUT2D eigenvalue weighted by Crippen LogP contribution is 2.54. The Kier molecular flexibility index (Phi) is 11.4. The van der Waals surface area contributed by atoms with Crippen LogP contribution < -0.4 is 0 Å². The summed E-state index contributed by atoms with van der Waals surface area (Å²) >= 11 is 0. The minimum atomic E-state index is -4.04. The third-order valence-corrected chi connectivity index (χ3v) is 11.4. The molecule has 1 rings (SSSR count). The van der Waals surface area contributed by atoms with Gasteiger partial charge in [-0.15, -0.1) is 0 Å². The highest BCUT2D eigenvalue weighted by Gasteiger charge is 2.41. The van der Waals surface area contributed by atoms with Crippen molar-refractivity contribution in [1.82, 2.24) is 0 Å². The highest BCUT2D eigenvalue weighted by molar-refractivity contribution is 7.54. The van der Waals surface area contributed by atoms with E-state index in [-0.39, 0.29) is 31.5 Å². The van der Waals surface area contributed by atoms with Gasteiger partial charge in [-0.3, -0.25) is 4.57 Å². The third kappa shape index (κ3) is 8.87. The van der Waals surface area contributed by atoms with Gasteiger partial charge < -0.3 is 22.9 Å². The maximum Gasteiger partial charge on any atom is 0.391 e. The summed E-state index contributed by atoms with van der Waals surface area (Å²) in [6.45, 7) is 14.5. The van der Waals surface area contributed by atoms with Crippen LogP contribution in [0.25, 0.3) is 0 Å². The van der Waals surface area contributed by atoms with Crippen molar-refractivity contribution in [2.75, 3.05) is 26.4 Å². The molecule has 1 aromatic carbocycles. The van der Waals surface area contributed by atoms with Gasteiger partial charge in [0, 0.05) is 0 Å². The molecule has 1 aromatic rings. The Morgan fingerprint density at radius 1 is 1.03 bits per heavy atom. The first-order valence-corrected chi connectivity index (χ1v) is 14.9. The Hall–Kier alpha value is -0.603. The largest absolute Gasteiger partial charge is 0.414 e. The van der Waals surface area contributed by atoms with Crippen LogP contribution in [0.4, 0.5) is 4.39 Å². The Balaban J connectivity index is 2.83. The topological polar surface area (TPSA) is 63.2 Å². The van der Waals surface area contributed by atoms with E-state index in [9.17, 15) is 8.96 Å². The van der Waals surface area contributed by atoms with Gasteiger partial charge in [0.05, 0.1) is 33.0 Å². The summed E-state index contributed by atoms with van der Waals surface area (Å²) in [5.74, 6) is 0. The van der Waals surface area contributed by atoms with Crippen molar-refractivity contribution < 1.29 is 31.9 Å². The van der Waals surface area contributed by atoms with Gasteiger partial charge in [-0.2, -0.15) is 0 Å². The van der Waals surface area contributed by atoms with Crippen LogP contribution in [-0.4, -0.2) is 46.9 Å². The molecule has 2 unspecified atom stereocenters.